The number of amides is 1. The largest absolute Gasteiger partial charge is 0.345 e. The average Bonchev–Trinajstić information content (AvgIpc) is 2.34. The Morgan fingerprint density at radius 1 is 1.33 bits per heavy atom. The Balaban J connectivity index is 2.46. The Labute approximate surface area is 110 Å². The van der Waals surface area contributed by atoms with Crippen molar-refractivity contribution < 1.29 is 4.79 Å². The number of hydrogen-bond acceptors (Lipinski definition) is 2. The van der Waals surface area contributed by atoms with Gasteiger partial charge in [0.15, 0.2) is 0 Å². The minimum absolute atomic E-state index is 0.185. The molecule has 0 saturated carbocycles. The van der Waals surface area contributed by atoms with Gasteiger partial charge in [0.25, 0.3) is 0 Å². The Kier molecular flexibility index (Phi) is 5.86. The summed E-state index contributed by atoms with van der Waals surface area (Å²) in [6.45, 7) is 5.57. The Morgan fingerprint density at radius 2 is 2.06 bits per heavy atom. The molecule has 0 aliphatic rings. The number of nitrogens with two attached hydrogens (primary N) is 1. The maximum atomic E-state index is 11.7. The summed E-state index contributed by atoms with van der Waals surface area (Å²) in [5.74, 6) is 0.185. The number of benzene rings is 1. The van der Waals surface area contributed by atoms with Gasteiger partial charge < -0.3 is 10.6 Å². The molecule has 3 nitrogen and oxygen atoms in total. The van der Waals surface area contributed by atoms with Crippen LogP contribution in [-0.4, -0.2) is 30.9 Å². The number of aryl methyl sites for hydroxylation is 2. The van der Waals surface area contributed by atoms with Crippen LogP contribution in [0.4, 0.5) is 0 Å². The molecule has 1 aromatic carbocycles. The van der Waals surface area contributed by atoms with Crippen molar-refractivity contribution in [3.63, 3.8) is 0 Å². The number of carbonyl (C=O) groups is 1. The third-order valence-corrected chi connectivity index (χ3v) is 3.24. The highest BCUT2D eigenvalue weighted by Crippen LogP contribution is 2.11. The number of rotatable bonds is 6. The molecular weight excluding hydrogens is 224 g/mol. The first-order valence-corrected chi connectivity index (χ1v) is 6.54. The van der Waals surface area contributed by atoms with Crippen LogP contribution in [0.1, 0.15) is 29.5 Å². The van der Waals surface area contributed by atoms with Crippen LogP contribution in [0.25, 0.3) is 0 Å². The van der Waals surface area contributed by atoms with Gasteiger partial charge in [-0.2, -0.15) is 0 Å². The average molecular weight is 248 g/mol. The standard InChI is InChI=1S/C15H24N2O/c1-12-6-7-14(13(2)11-12)8-10-17(3)15(18)5-4-9-16/h6-7,11H,4-5,8-10,16H2,1-3H3. The molecule has 0 heterocycles. The van der Waals surface area contributed by atoms with E-state index < -0.39 is 0 Å². The van der Waals surface area contributed by atoms with E-state index in [2.05, 4.69) is 32.0 Å². The van der Waals surface area contributed by atoms with E-state index in [9.17, 15) is 4.79 Å². The second kappa shape index (κ2) is 7.17. The van der Waals surface area contributed by atoms with E-state index in [1.807, 2.05) is 7.05 Å². The quantitative estimate of drug-likeness (QED) is 0.837. The lowest BCUT2D eigenvalue weighted by molar-refractivity contribution is -0.129. The summed E-state index contributed by atoms with van der Waals surface area (Å²) in [5, 5.41) is 0. The molecule has 0 spiro atoms. The topological polar surface area (TPSA) is 46.3 Å². The van der Waals surface area contributed by atoms with E-state index in [1.165, 1.54) is 16.7 Å². The van der Waals surface area contributed by atoms with E-state index in [-0.39, 0.29) is 5.91 Å². The summed E-state index contributed by atoms with van der Waals surface area (Å²) in [5.41, 5.74) is 9.31. The third-order valence-electron chi connectivity index (χ3n) is 3.24. The van der Waals surface area contributed by atoms with Crippen LogP contribution >= 0.6 is 0 Å². The zero-order chi connectivity index (χ0) is 13.5. The molecule has 100 valence electrons. The molecule has 0 bridgehead atoms. The van der Waals surface area contributed by atoms with E-state index >= 15 is 0 Å². The zero-order valence-electron chi connectivity index (χ0n) is 11.7. The molecule has 0 radical (unpaired) electrons. The van der Waals surface area contributed by atoms with Crippen LogP contribution in [0.2, 0.25) is 0 Å². The lowest BCUT2D eigenvalue weighted by Crippen LogP contribution is -2.29. The molecule has 1 aromatic rings. The zero-order valence-corrected chi connectivity index (χ0v) is 11.7. The van der Waals surface area contributed by atoms with Crippen LogP contribution in [0.15, 0.2) is 18.2 Å². The molecule has 0 atom stereocenters. The first-order chi connectivity index (χ1) is 8.54. The number of likely N-dealkylation sites (N-methyl/N-ethyl adjacent to an activating group) is 1. The molecule has 18 heavy (non-hydrogen) atoms. The van der Waals surface area contributed by atoms with Crippen molar-refractivity contribution in [3.05, 3.63) is 34.9 Å². The number of nitrogens with zero attached hydrogens (tertiary/aromatic N) is 1. The molecule has 0 aliphatic heterocycles. The van der Waals surface area contributed by atoms with Crippen molar-refractivity contribution in [2.75, 3.05) is 20.1 Å². The minimum atomic E-state index is 0.185. The Morgan fingerprint density at radius 3 is 2.67 bits per heavy atom. The van der Waals surface area contributed by atoms with Crippen LogP contribution < -0.4 is 5.73 Å². The predicted molar refractivity (Wildman–Crippen MR) is 75.5 cm³/mol. The SMILES string of the molecule is Cc1ccc(CCN(C)C(=O)CCCN)c(C)c1. The summed E-state index contributed by atoms with van der Waals surface area (Å²) in [6.07, 6.45) is 2.24. The smallest absolute Gasteiger partial charge is 0.222 e. The van der Waals surface area contributed by atoms with Gasteiger partial charge in [0, 0.05) is 20.0 Å². The van der Waals surface area contributed by atoms with Gasteiger partial charge in [-0.15, -0.1) is 0 Å². The van der Waals surface area contributed by atoms with Crippen molar-refractivity contribution in [2.24, 2.45) is 5.73 Å². The summed E-state index contributed by atoms with van der Waals surface area (Å²) < 4.78 is 0. The monoisotopic (exact) mass is 248 g/mol. The van der Waals surface area contributed by atoms with Crippen molar-refractivity contribution in [2.45, 2.75) is 33.1 Å². The first-order valence-electron chi connectivity index (χ1n) is 6.54. The minimum Gasteiger partial charge on any atom is -0.345 e. The fourth-order valence-corrected chi connectivity index (χ4v) is 1.98. The molecular formula is C15H24N2O. The number of carbonyl (C=O) groups excluding carboxylic acids is 1. The molecule has 1 amide bonds. The van der Waals surface area contributed by atoms with E-state index in [0.717, 1.165) is 19.4 Å². The van der Waals surface area contributed by atoms with Crippen LogP contribution in [0.5, 0.6) is 0 Å². The second-order valence-electron chi connectivity index (χ2n) is 4.89. The predicted octanol–water partition coefficient (Wildman–Crippen LogP) is 2.04. The van der Waals surface area contributed by atoms with Crippen LogP contribution in [0, 0.1) is 13.8 Å². The Bertz CT molecular complexity index is 401. The van der Waals surface area contributed by atoms with Crippen molar-refractivity contribution in [3.8, 4) is 0 Å². The normalized spacial score (nSPS) is 10.4. The fourth-order valence-electron chi connectivity index (χ4n) is 1.98. The van der Waals surface area contributed by atoms with E-state index in [4.69, 9.17) is 5.73 Å². The van der Waals surface area contributed by atoms with Gasteiger partial charge in [-0.25, -0.2) is 0 Å². The molecule has 0 aromatic heterocycles. The maximum absolute atomic E-state index is 11.7. The lowest BCUT2D eigenvalue weighted by atomic mass is 10.0. The molecule has 0 aliphatic carbocycles. The van der Waals surface area contributed by atoms with Crippen molar-refractivity contribution >= 4 is 5.91 Å². The van der Waals surface area contributed by atoms with Gasteiger partial charge in [0.05, 0.1) is 0 Å². The summed E-state index contributed by atoms with van der Waals surface area (Å²) in [4.78, 5) is 13.5. The third kappa shape index (κ3) is 4.49. The van der Waals surface area contributed by atoms with E-state index in [1.54, 1.807) is 4.90 Å². The van der Waals surface area contributed by atoms with Gasteiger partial charge >= 0.3 is 0 Å². The Hall–Kier alpha value is -1.35. The van der Waals surface area contributed by atoms with Gasteiger partial charge in [0.2, 0.25) is 5.91 Å². The van der Waals surface area contributed by atoms with Gasteiger partial charge in [-0.1, -0.05) is 23.8 Å². The highest BCUT2D eigenvalue weighted by molar-refractivity contribution is 5.75. The summed E-state index contributed by atoms with van der Waals surface area (Å²) in [6, 6.07) is 6.47. The molecule has 1 rings (SSSR count). The van der Waals surface area contributed by atoms with Crippen LogP contribution in [-0.2, 0) is 11.2 Å². The molecule has 0 saturated heterocycles. The van der Waals surface area contributed by atoms with Gasteiger partial charge in [-0.3, -0.25) is 4.79 Å². The highest BCUT2D eigenvalue weighted by Gasteiger charge is 2.08. The number of hydrogen-bond donors (Lipinski definition) is 1. The lowest BCUT2D eigenvalue weighted by Gasteiger charge is -2.17. The summed E-state index contributed by atoms with van der Waals surface area (Å²) >= 11 is 0. The van der Waals surface area contributed by atoms with Gasteiger partial charge in [-0.05, 0) is 44.4 Å². The molecule has 0 unspecified atom stereocenters. The van der Waals surface area contributed by atoms with Gasteiger partial charge in [0.1, 0.15) is 0 Å². The molecule has 0 fully saturated rings. The maximum Gasteiger partial charge on any atom is 0.222 e. The highest BCUT2D eigenvalue weighted by atomic mass is 16.2. The first kappa shape index (κ1) is 14.7. The molecule has 3 heteroatoms. The fraction of sp³-hybridized carbons (Fsp3) is 0.533. The van der Waals surface area contributed by atoms with Crippen molar-refractivity contribution in [1.82, 2.24) is 4.90 Å². The van der Waals surface area contributed by atoms with E-state index in [0.29, 0.717) is 13.0 Å². The summed E-state index contributed by atoms with van der Waals surface area (Å²) in [7, 11) is 1.86. The van der Waals surface area contributed by atoms with Crippen LogP contribution in [0.3, 0.4) is 0 Å². The molecule has 2 N–H and O–H groups in total. The second-order valence-corrected chi connectivity index (χ2v) is 4.89. The van der Waals surface area contributed by atoms with Crippen molar-refractivity contribution in [1.29, 1.82) is 0 Å².